The molecule has 2 nitrogen and oxygen atoms in total. The maximum atomic E-state index is 10.6. The minimum atomic E-state index is 0.353. The molecule has 0 heterocycles. The molecule has 0 fully saturated rings. The predicted octanol–water partition coefficient (Wildman–Crippen LogP) is 4.55. The van der Waals surface area contributed by atoms with Crippen LogP contribution in [0.15, 0.2) is 48.5 Å². The van der Waals surface area contributed by atoms with Gasteiger partial charge < -0.3 is 10.4 Å². The second kappa shape index (κ2) is 5.82. The molecular weight excluding hydrogens is 270 g/mol. The number of nitrogens with one attached hydrogen (secondary N) is 1. The number of hydrogen-bond donors (Lipinski definition) is 2. The van der Waals surface area contributed by atoms with E-state index in [-0.39, 0.29) is 0 Å². The van der Waals surface area contributed by atoms with Crippen molar-refractivity contribution in [2.45, 2.75) is 20.4 Å². The minimum Gasteiger partial charge on any atom is -0.507 e. The summed E-state index contributed by atoms with van der Waals surface area (Å²) in [6, 6.07) is 16.6. The van der Waals surface area contributed by atoms with Gasteiger partial charge in [0.25, 0.3) is 0 Å². The SMILES string of the molecule is CNCc1ccc2ccccc2c1-c1c(C)cc(C)cc1O. The third-order valence-electron chi connectivity index (χ3n) is 4.09. The van der Waals surface area contributed by atoms with Gasteiger partial charge in [0.2, 0.25) is 0 Å². The Balaban J connectivity index is 2.40. The Kier molecular flexibility index (Phi) is 3.86. The van der Waals surface area contributed by atoms with E-state index in [9.17, 15) is 5.11 Å². The van der Waals surface area contributed by atoms with Gasteiger partial charge in [0, 0.05) is 12.1 Å². The Labute approximate surface area is 131 Å². The van der Waals surface area contributed by atoms with Crippen LogP contribution in [0.1, 0.15) is 16.7 Å². The predicted molar refractivity (Wildman–Crippen MR) is 93.3 cm³/mol. The summed E-state index contributed by atoms with van der Waals surface area (Å²) in [6.07, 6.45) is 0. The Morgan fingerprint density at radius 1 is 0.955 bits per heavy atom. The Morgan fingerprint density at radius 3 is 2.45 bits per heavy atom. The zero-order valence-electron chi connectivity index (χ0n) is 13.3. The van der Waals surface area contributed by atoms with Crippen LogP contribution in [0.4, 0.5) is 0 Å². The molecule has 0 spiro atoms. The molecule has 112 valence electrons. The highest BCUT2D eigenvalue weighted by molar-refractivity contribution is 6.00. The molecule has 22 heavy (non-hydrogen) atoms. The van der Waals surface area contributed by atoms with E-state index in [1.807, 2.05) is 26.1 Å². The number of phenolic OH excluding ortho intramolecular Hbond substituents is 1. The maximum absolute atomic E-state index is 10.6. The molecule has 0 aliphatic rings. The van der Waals surface area contributed by atoms with Crippen molar-refractivity contribution in [3.8, 4) is 16.9 Å². The molecule has 2 N–H and O–H groups in total. The number of phenols is 1. The first-order chi connectivity index (χ1) is 10.6. The molecule has 3 aromatic rings. The summed E-state index contributed by atoms with van der Waals surface area (Å²) in [5, 5.41) is 16.2. The molecule has 0 saturated carbocycles. The molecule has 0 unspecified atom stereocenters. The second-order valence-electron chi connectivity index (χ2n) is 5.83. The maximum Gasteiger partial charge on any atom is 0.123 e. The van der Waals surface area contributed by atoms with Crippen molar-refractivity contribution in [1.82, 2.24) is 5.32 Å². The molecule has 0 amide bonds. The van der Waals surface area contributed by atoms with Crippen LogP contribution in [0.5, 0.6) is 5.75 Å². The average Bonchev–Trinajstić information content (AvgIpc) is 2.48. The van der Waals surface area contributed by atoms with Crippen LogP contribution < -0.4 is 5.32 Å². The van der Waals surface area contributed by atoms with E-state index in [0.717, 1.165) is 28.8 Å². The molecule has 0 aliphatic heterocycles. The van der Waals surface area contributed by atoms with Gasteiger partial charge in [-0.15, -0.1) is 0 Å². The number of rotatable bonds is 3. The molecular formula is C20H21NO. The fourth-order valence-electron chi connectivity index (χ4n) is 3.22. The van der Waals surface area contributed by atoms with Crippen LogP contribution in [0, 0.1) is 13.8 Å². The van der Waals surface area contributed by atoms with Crippen LogP contribution >= 0.6 is 0 Å². The minimum absolute atomic E-state index is 0.353. The van der Waals surface area contributed by atoms with Crippen molar-refractivity contribution in [3.63, 3.8) is 0 Å². The summed E-state index contributed by atoms with van der Waals surface area (Å²) in [7, 11) is 1.95. The average molecular weight is 291 g/mol. The van der Waals surface area contributed by atoms with Crippen LogP contribution in [0.2, 0.25) is 0 Å². The first kappa shape index (κ1) is 14.6. The summed E-state index contributed by atoms with van der Waals surface area (Å²) in [6.45, 7) is 4.84. The van der Waals surface area contributed by atoms with E-state index in [4.69, 9.17) is 0 Å². The topological polar surface area (TPSA) is 32.3 Å². The third-order valence-corrected chi connectivity index (χ3v) is 4.09. The van der Waals surface area contributed by atoms with Gasteiger partial charge in [0.15, 0.2) is 0 Å². The molecule has 2 heteroatoms. The lowest BCUT2D eigenvalue weighted by molar-refractivity contribution is 0.476. The lowest BCUT2D eigenvalue weighted by Crippen LogP contribution is -2.07. The van der Waals surface area contributed by atoms with Gasteiger partial charge in [-0.25, -0.2) is 0 Å². The van der Waals surface area contributed by atoms with E-state index in [1.54, 1.807) is 0 Å². The van der Waals surface area contributed by atoms with E-state index in [2.05, 4.69) is 48.6 Å². The van der Waals surface area contributed by atoms with Crippen molar-refractivity contribution in [2.75, 3.05) is 7.05 Å². The zero-order valence-corrected chi connectivity index (χ0v) is 13.3. The number of benzene rings is 3. The van der Waals surface area contributed by atoms with Crippen LogP contribution in [0.25, 0.3) is 21.9 Å². The summed E-state index contributed by atoms with van der Waals surface area (Å²) in [4.78, 5) is 0. The van der Waals surface area contributed by atoms with Crippen molar-refractivity contribution in [1.29, 1.82) is 0 Å². The van der Waals surface area contributed by atoms with Crippen LogP contribution in [-0.4, -0.2) is 12.2 Å². The Bertz CT molecular complexity index is 813. The van der Waals surface area contributed by atoms with Crippen LogP contribution in [-0.2, 0) is 6.54 Å². The molecule has 3 aromatic carbocycles. The molecule has 0 aromatic heterocycles. The standard InChI is InChI=1S/C20H21NO/c1-13-10-14(2)19(18(22)11-13)20-16(12-21-3)9-8-15-6-4-5-7-17(15)20/h4-11,21-22H,12H2,1-3H3. The Morgan fingerprint density at radius 2 is 1.73 bits per heavy atom. The fraction of sp³-hybridized carbons (Fsp3) is 0.200. The molecule has 0 saturated heterocycles. The lowest BCUT2D eigenvalue weighted by Gasteiger charge is -2.17. The van der Waals surface area contributed by atoms with Gasteiger partial charge in [-0.3, -0.25) is 0 Å². The van der Waals surface area contributed by atoms with E-state index in [1.165, 1.54) is 16.3 Å². The zero-order chi connectivity index (χ0) is 15.7. The van der Waals surface area contributed by atoms with Gasteiger partial charge in [-0.2, -0.15) is 0 Å². The van der Waals surface area contributed by atoms with Gasteiger partial charge in [-0.05, 0) is 60.0 Å². The first-order valence-electron chi connectivity index (χ1n) is 7.57. The highest BCUT2D eigenvalue weighted by Gasteiger charge is 2.15. The van der Waals surface area contributed by atoms with Gasteiger partial charge in [0.05, 0.1) is 0 Å². The summed E-state index contributed by atoms with van der Waals surface area (Å²) in [5.74, 6) is 0.353. The quantitative estimate of drug-likeness (QED) is 0.742. The van der Waals surface area contributed by atoms with Crippen molar-refractivity contribution in [3.05, 3.63) is 65.2 Å². The third kappa shape index (κ3) is 2.46. The molecule has 3 rings (SSSR count). The van der Waals surface area contributed by atoms with Gasteiger partial charge in [-0.1, -0.05) is 42.5 Å². The monoisotopic (exact) mass is 291 g/mol. The lowest BCUT2D eigenvalue weighted by atomic mass is 9.89. The summed E-state index contributed by atoms with van der Waals surface area (Å²) in [5.41, 5.74) is 5.44. The summed E-state index contributed by atoms with van der Waals surface area (Å²) >= 11 is 0. The number of aromatic hydroxyl groups is 1. The van der Waals surface area contributed by atoms with Gasteiger partial charge >= 0.3 is 0 Å². The molecule has 0 radical (unpaired) electrons. The van der Waals surface area contributed by atoms with Crippen molar-refractivity contribution < 1.29 is 5.11 Å². The van der Waals surface area contributed by atoms with Crippen molar-refractivity contribution in [2.24, 2.45) is 0 Å². The normalized spacial score (nSPS) is 11.0. The number of hydrogen-bond acceptors (Lipinski definition) is 2. The van der Waals surface area contributed by atoms with Gasteiger partial charge in [0.1, 0.15) is 5.75 Å². The molecule has 0 aliphatic carbocycles. The molecule has 0 bridgehead atoms. The van der Waals surface area contributed by atoms with E-state index >= 15 is 0 Å². The van der Waals surface area contributed by atoms with E-state index in [0.29, 0.717) is 5.75 Å². The smallest absolute Gasteiger partial charge is 0.123 e. The number of fused-ring (bicyclic) bond motifs is 1. The largest absolute Gasteiger partial charge is 0.507 e. The fourth-order valence-corrected chi connectivity index (χ4v) is 3.22. The Hall–Kier alpha value is -2.32. The van der Waals surface area contributed by atoms with E-state index < -0.39 is 0 Å². The highest BCUT2D eigenvalue weighted by Crippen LogP contribution is 2.40. The van der Waals surface area contributed by atoms with Crippen molar-refractivity contribution >= 4 is 10.8 Å². The number of aryl methyl sites for hydroxylation is 2. The first-order valence-corrected chi connectivity index (χ1v) is 7.57. The summed E-state index contributed by atoms with van der Waals surface area (Å²) < 4.78 is 0. The second-order valence-corrected chi connectivity index (χ2v) is 5.83. The molecule has 0 atom stereocenters. The van der Waals surface area contributed by atoms with Crippen LogP contribution in [0.3, 0.4) is 0 Å². The highest BCUT2D eigenvalue weighted by atomic mass is 16.3.